The van der Waals surface area contributed by atoms with E-state index in [2.05, 4.69) is 18.7 Å². The zero-order valence-corrected chi connectivity index (χ0v) is 15.5. The second kappa shape index (κ2) is 10.1. The molecule has 0 saturated heterocycles. The molecule has 0 radical (unpaired) electrons. The predicted molar refractivity (Wildman–Crippen MR) is 95.5 cm³/mol. The summed E-state index contributed by atoms with van der Waals surface area (Å²) in [5.41, 5.74) is 0.982. The normalized spacial score (nSPS) is 13.4. The van der Waals surface area contributed by atoms with Crippen molar-refractivity contribution in [1.29, 1.82) is 0 Å². The molecule has 2 atom stereocenters. The molecular formula is C19H30N2O3. The van der Waals surface area contributed by atoms with Gasteiger partial charge in [-0.05, 0) is 25.6 Å². The topological polar surface area (TPSA) is 49.9 Å². The first-order valence-corrected chi connectivity index (χ1v) is 8.65. The highest BCUT2D eigenvalue weighted by Gasteiger charge is 2.31. The van der Waals surface area contributed by atoms with Crippen molar-refractivity contribution < 1.29 is 14.3 Å². The van der Waals surface area contributed by atoms with Crippen LogP contribution in [0.25, 0.3) is 0 Å². The molecule has 0 fully saturated rings. The van der Waals surface area contributed by atoms with Gasteiger partial charge >= 0.3 is 5.97 Å². The van der Waals surface area contributed by atoms with Crippen molar-refractivity contribution in [3.63, 3.8) is 0 Å². The van der Waals surface area contributed by atoms with Gasteiger partial charge in [0.15, 0.2) is 0 Å². The van der Waals surface area contributed by atoms with Crippen LogP contribution in [0.5, 0.6) is 0 Å². The van der Waals surface area contributed by atoms with Gasteiger partial charge in [-0.15, -0.1) is 0 Å². The van der Waals surface area contributed by atoms with Gasteiger partial charge in [0.25, 0.3) is 0 Å². The largest absolute Gasteiger partial charge is 0.469 e. The molecule has 1 amide bonds. The first kappa shape index (κ1) is 20.2. The molecule has 0 heterocycles. The third kappa shape index (κ3) is 5.06. The maximum absolute atomic E-state index is 13.2. The zero-order chi connectivity index (χ0) is 18.1. The Morgan fingerprint density at radius 2 is 1.62 bits per heavy atom. The lowest BCUT2D eigenvalue weighted by atomic mass is 10.0. The number of methoxy groups -OCH3 is 1. The van der Waals surface area contributed by atoms with E-state index in [0.29, 0.717) is 13.1 Å². The number of hydrogen-bond acceptors (Lipinski definition) is 4. The van der Waals surface area contributed by atoms with E-state index in [1.165, 1.54) is 7.11 Å². The van der Waals surface area contributed by atoms with Gasteiger partial charge in [0.05, 0.1) is 13.0 Å². The Balaban J connectivity index is 3.07. The molecule has 0 aliphatic rings. The Kier molecular flexibility index (Phi) is 8.47. The fourth-order valence-electron chi connectivity index (χ4n) is 2.89. The van der Waals surface area contributed by atoms with Crippen LogP contribution in [0, 0.1) is 5.92 Å². The van der Waals surface area contributed by atoms with Gasteiger partial charge in [-0.2, -0.15) is 0 Å². The summed E-state index contributed by atoms with van der Waals surface area (Å²) in [6, 6.07) is 9.49. The first-order valence-electron chi connectivity index (χ1n) is 8.65. The van der Waals surface area contributed by atoms with E-state index < -0.39 is 0 Å². The minimum Gasteiger partial charge on any atom is -0.469 e. The SMILES string of the molecule is CCN(CC(C)C(=O)OC)C(=O)C(c1ccccc1)N(CC)CC. The second-order valence-corrected chi connectivity index (χ2v) is 5.84. The third-order valence-electron chi connectivity index (χ3n) is 4.32. The number of esters is 1. The molecule has 5 nitrogen and oxygen atoms in total. The summed E-state index contributed by atoms with van der Waals surface area (Å²) in [6.07, 6.45) is 0. The van der Waals surface area contributed by atoms with Crippen LogP contribution in [0.4, 0.5) is 0 Å². The van der Waals surface area contributed by atoms with Crippen LogP contribution in [0.1, 0.15) is 39.3 Å². The summed E-state index contributed by atoms with van der Waals surface area (Å²) in [7, 11) is 1.37. The van der Waals surface area contributed by atoms with Gasteiger partial charge in [-0.25, -0.2) is 0 Å². The molecule has 0 aliphatic carbocycles. The lowest BCUT2D eigenvalue weighted by molar-refractivity contribution is -0.147. The van der Waals surface area contributed by atoms with Crippen molar-refractivity contribution in [3.05, 3.63) is 35.9 Å². The van der Waals surface area contributed by atoms with E-state index in [1.807, 2.05) is 37.3 Å². The summed E-state index contributed by atoms with van der Waals surface area (Å²) < 4.78 is 4.78. The summed E-state index contributed by atoms with van der Waals surface area (Å²) >= 11 is 0. The first-order chi connectivity index (χ1) is 11.5. The molecule has 0 aromatic heterocycles. The molecular weight excluding hydrogens is 304 g/mol. The molecule has 1 rings (SSSR count). The highest BCUT2D eigenvalue weighted by molar-refractivity contribution is 5.84. The number of ether oxygens (including phenoxy) is 1. The minimum absolute atomic E-state index is 0.0307. The molecule has 24 heavy (non-hydrogen) atoms. The number of likely N-dealkylation sites (N-methyl/N-ethyl adjacent to an activating group) is 2. The lowest BCUT2D eigenvalue weighted by Crippen LogP contribution is -2.45. The highest BCUT2D eigenvalue weighted by atomic mass is 16.5. The van der Waals surface area contributed by atoms with Crippen molar-refractivity contribution in [2.45, 2.75) is 33.7 Å². The van der Waals surface area contributed by atoms with E-state index in [0.717, 1.165) is 18.7 Å². The van der Waals surface area contributed by atoms with Gasteiger partial charge < -0.3 is 9.64 Å². The standard InChI is InChI=1S/C19H30N2O3/c1-6-20(7-2)17(16-12-10-9-11-13-16)18(22)21(8-3)14-15(4)19(23)24-5/h9-13,15,17H,6-8,14H2,1-5H3. The minimum atomic E-state index is -0.341. The molecule has 1 aromatic carbocycles. The summed E-state index contributed by atoms with van der Waals surface area (Å²) in [5, 5.41) is 0. The summed E-state index contributed by atoms with van der Waals surface area (Å²) in [5.74, 6) is -0.601. The number of carbonyl (C=O) groups is 2. The molecule has 5 heteroatoms. The van der Waals surface area contributed by atoms with Gasteiger partial charge in [0.1, 0.15) is 6.04 Å². The van der Waals surface area contributed by atoms with Crippen LogP contribution in [0.15, 0.2) is 30.3 Å². The fourth-order valence-corrected chi connectivity index (χ4v) is 2.89. The van der Waals surface area contributed by atoms with Crippen molar-refractivity contribution in [2.75, 3.05) is 33.3 Å². The smallest absolute Gasteiger partial charge is 0.310 e. The average Bonchev–Trinajstić information content (AvgIpc) is 2.63. The highest BCUT2D eigenvalue weighted by Crippen LogP contribution is 2.23. The predicted octanol–water partition coefficient (Wildman–Crippen LogP) is 2.73. The lowest BCUT2D eigenvalue weighted by Gasteiger charge is -2.34. The molecule has 134 valence electrons. The van der Waals surface area contributed by atoms with Crippen molar-refractivity contribution >= 4 is 11.9 Å². The maximum atomic E-state index is 13.2. The van der Waals surface area contributed by atoms with Crippen molar-refractivity contribution in [2.24, 2.45) is 5.92 Å². The Labute approximate surface area is 145 Å². The number of hydrogen-bond donors (Lipinski definition) is 0. The van der Waals surface area contributed by atoms with Gasteiger partial charge in [-0.3, -0.25) is 14.5 Å². The summed E-state index contributed by atoms with van der Waals surface area (Å²) in [4.78, 5) is 28.8. The Morgan fingerprint density at radius 3 is 2.08 bits per heavy atom. The van der Waals surface area contributed by atoms with Crippen LogP contribution in [-0.4, -0.2) is 55.0 Å². The van der Waals surface area contributed by atoms with Crippen molar-refractivity contribution in [3.8, 4) is 0 Å². The van der Waals surface area contributed by atoms with Gasteiger partial charge in [0, 0.05) is 13.1 Å². The van der Waals surface area contributed by atoms with Gasteiger partial charge in [-0.1, -0.05) is 51.1 Å². The Hall–Kier alpha value is -1.88. The van der Waals surface area contributed by atoms with E-state index in [-0.39, 0.29) is 23.8 Å². The third-order valence-corrected chi connectivity index (χ3v) is 4.32. The second-order valence-electron chi connectivity index (χ2n) is 5.84. The fraction of sp³-hybridized carbons (Fsp3) is 0.579. The van der Waals surface area contributed by atoms with Crippen LogP contribution >= 0.6 is 0 Å². The number of nitrogens with zero attached hydrogens (tertiary/aromatic N) is 2. The van der Waals surface area contributed by atoms with Crippen LogP contribution in [0.3, 0.4) is 0 Å². The van der Waals surface area contributed by atoms with Crippen LogP contribution in [0.2, 0.25) is 0 Å². The number of carbonyl (C=O) groups excluding carboxylic acids is 2. The zero-order valence-electron chi connectivity index (χ0n) is 15.5. The van der Waals surface area contributed by atoms with E-state index >= 15 is 0 Å². The van der Waals surface area contributed by atoms with Gasteiger partial charge in [0.2, 0.25) is 5.91 Å². The molecule has 0 saturated carbocycles. The van der Waals surface area contributed by atoms with E-state index in [4.69, 9.17) is 4.74 Å². The molecule has 2 unspecified atom stereocenters. The molecule has 1 aromatic rings. The molecule has 0 bridgehead atoms. The molecule has 0 N–H and O–H groups in total. The van der Waals surface area contributed by atoms with E-state index in [1.54, 1.807) is 11.8 Å². The molecule has 0 spiro atoms. The average molecular weight is 334 g/mol. The Morgan fingerprint density at radius 1 is 1.04 bits per heavy atom. The van der Waals surface area contributed by atoms with Crippen LogP contribution < -0.4 is 0 Å². The monoisotopic (exact) mass is 334 g/mol. The Bertz CT molecular complexity index is 515. The molecule has 0 aliphatic heterocycles. The van der Waals surface area contributed by atoms with Crippen LogP contribution in [-0.2, 0) is 14.3 Å². The number of rotatable bonds is 9. The quantitative estimate of drug-likeness (QED) is 0.652. The van der Waals surface area contributed by atoms with E-state index in [9.17, 15) is 9.59 Å². The maximum Gasteiger partial charge on any atom is 0.310 e. The summed E-state index contributed by atoms with van der Waals surface area (Å²) in [6.45, 7) is 10.3. The number of amides is 1. The van der Waals surface area contributed by atoms with Crippen molar-refractivity contribution in [1.82, 2.24) is 9.80 Å². The number of benzene rings is 1.